The summed E-state index contributed by atoms with van der Waals surface area (Å²) in [5.41, 5.74) is 5.62. The highest BCUT2D eigenvalue weighted by Gasteiger charge is 2.10. The molecule has 1 aromatic carbocycles. The van der Waals surface area contributed by atoms with E-state index in [1.807, 2.05) is 13.8 Å². The Balaban J connectivity index is 0.000000771. The fraction of sp³-hybridized carbons (Fsp3) is 0.333. The summed E-state index contributed by atoms with van der Waals surface area (Å²) in [6.45, 7) is 8.32. The van der Waals surface area contributed by atoms with Crippen molar-refractivity contribution in [2.24, 2.45) is 0 Å². The van der Waals surface area contributed by atoms with E-state index in [-0.39, 0.29) is 0 Å². The van der Waals surface area contributed by atoms with E-state index in [0.29, 0.717) is 0 Å². The Labute approximate surface area is 112 Å². The fourth-order valence-corrected chi connectivity index (χ4v) is 2.14. The van der Waals surface area contributed by atoms with E-state index in [4.69, 9.17) is 0 Å². The van der Waals surface area contributed by atoms with Gasteiger partial charge in [-0.15, -0.1) is 0 Å². The van der Waals surface area contributed by atoms with Crippen molar-refractivity contribution in [2.45, 2.75) is 40.5 Å². The highest BCUT2D eigenvalue weighted by Crippen LogP contribution is 2.31. The van der Waals surface area contributed by atoms with Crippen LogP contribution in [0.5, 0.6) is 0 Å². The maximum Gasteiger partial charge on any atom is -0.0152 e. The van der Waals surface area contributed by atoms with Gasteiger partial charge in [-0.1, -0.05) is 68.0 Å². The summed E-state index contributed by atoms with van der Waals surface area (Å²) in [7, 11) is 0. The van der Waals surface area contributed by atoms with Gasteiger partial charge < -0.3 is 0 Å². The molecular weight excluding hydrogens is 216 g/mol. The predicted molar refractivity (Wildman–Crippen MR) is 82.5 cm³/mol. The van der Waals surface area contributed by atoms with Crippen molar-refractivity contribution < 1.29 is 0 Å². The molecule has 1 aliphatic carbocycles. The quantitative estimate of drug-likeness (QED) is 0.614. The smallest absolute Gasteiger partial charge is 0.0152 e. The molecule has 0 bridgehead atoms. The molecular formula is C18H24. The van der Waals surface area contributed by atoms with Gasteiger partial charge in [0, 0.05) is 0 Å². The first-order valence-corrected chi connectivity index (χ1v) is 6.91. The first-order chi connectivity index (χ1) is 8.83. The average molecular weight is 240 g/mol. The summed E-state index contributed by atoms with van der Waals surface area (Å²) in [5.74, 6) is 0. The number of rotatable bonds is 2. The first kappa shape index (κ1) is 14.5. The van der Waals surface area contributed by atoms with Crippen LogP contribution >= 0.6 is 0 Å². The van der Waals surface area contributed by atoms with Crippen LogP contribution < -0.4 is 0 Å². The third-order valence-electron chi connectivity index (χ3n) is 3.16. The molecule has 0 radical (unpaired) electrons. The largest absolute Gasteiger partial charge is 0.0844 e. The zero-order valence-electron chi connectivity index (χ0n) is 12.0. The van der Waals surface area contributed by atoms with Crippen molar-refractivity contribution in [1.29, 1.82) is 0 Å². The number of hydrogen-bond acceptors (Lipinski definition) is 0. The van der Waals surface area contributed by atoms with Gasteiger partial charge in [-0.05, 0) is 43.4 Å². The Hall–Kier alpha value is -1.56. The van der Waals surface area contributed by atoms with Crippen LogP contribution in [-0.2, 0) is 0 Å². The van der Waals surface area contributed by atoms with E-state index >= 15 is 0 Å². The van der Waals surface area contributed by atoms with Gasteiger partial charge in [0.1, 0.15) is 0 Å². The molecule has 0 N–H and O–H groups in total. The van der Waals surface area contributed by atoms with Gasteiger partial charge in [-0.25, -0.2) is 0 Å². The maximum absolute atomic E-state index is 2.27. The summed E-state index contributed by atoms with van der Waals surface area (Å²) in [5, 5.41) is 0. The Bertz CT molecular complexity index is 444. The van der Waals surface area contributed by atoms with E-state index in [0.717, 1.165) is 12.8 Å². The molecule has 0 saturated carbocycles. The molecule has 2 rings (SSSR count). The fourth-order valence-electron chi connectivity index (χ4n) is 2.14. The number of allylic oxidation sites excluding steroid dienone is 6. The summed E-state index contributed by atoms with van der Waals surface area (Å²) in [6, 6.07) is 10.7. The number of benzene rings is 1. The van der Waals surface area contributed by atoms with Crippen LogP contribution in [0.15, 0.2) is 59.7 Å². The van der Waals surface area contributed by atoms with Crippen LogP contribution in [0.4, 0.5) is 0 Å². The van der Waals surface area contributed by atoms with Crippen LogP contribution in [0.3, 0.4) is 0 Å². The second kappa shape index (κ2) is 7.71. The molecule has 0 heteroatoms. The molecule has 0 fully saturated rings. The van der Waals surface area contributed by atoms with Crippen molar-refractivity contribution in [1.82, 2.24) is 0 Å². The van der Waals surface area contributed by atoms with Crippen LogP contribution in [-0.4, -0.2) is 0 Å². The zero-order chi connectivity index (χ0) is 13.4. The van der Waals surface area contributed by atoms with Gasteiger partial charge in [-0.2, -0.15) is 0 Å². The third-order valence-corrected chi connectivity index (χ3v) is 3.16. The molecule has 0 atom stereocenters. The van der Waals surface area contributed by atoms with Crippen molar-refractivity contribution in [3.8, 4) is 0 Å². The zero-order valence-corrected chi connectivity index (χ0v) is 12.0. The summed E-state index contributed by atoms with van der Waals surface area (Å²) < 4.78 is 0. The van der Waals surface area contributed by atoms with Gasteiger partial charge in [0.15, 0.2) is 0 Å². The Morgan fingerprint density at radius 1 is 1.11 bits per heavy atom. The second-order valence-electron chi connectivity index (χ2n) is 4.17. The van der Waals surface area contributed by atoms with Gasteiger partial charge in [0.2, 0.25) is 0 Å². The second-order valence-corrected chi connectivity index (χ2v) is 4.17. The van der Waals surface area contributed by atoms with Crippen LogP contribution in [0.2, 0.25) is 0 Å². The maximum atomic E-state index is 2.27. The van der Waals surface area contributed by atoms with Crippen molar-refractivity contribution in [3.63, 3.8) is 0 Å². The topological polar surface area (TPSA) is 0 Å². The van der Waals surface area contributed by atoms with E-state index in [2.05, 4.69) is 62.4 Å². The standard InChI is InChI=1S/C16H18.C2H6/c1-3-13(2)15-11-7-8-12-16(15)14-9-5-4-6-10-14;1-2/h3-6,8-10,12H,7,11H2,1-2H3;1-2H3/b13-3-;. The van der Waals surface area contributed by atoms with Crippen molar-refractivity contribution >= 4 is 5.57 Å². The van der Waals surface area contributed by atoms with Crippen LogP contribution in [0.25, 0.3) is 5.57 Å². The minimum atomic E-state index is 1.16. The highest BCUT2D eigenvalue weighted by molar-refractivity contribution is 5.80. The monoisotopic (exact) mass is 240 g/mol. The average Bonchev–Trinajstić information content (AvgIpc) is 2.49. The molecule has 0 amide bonds. The van der Waals surface area contributed by atoms with E-state index < -0.39 is 0 Å². The molecule has 0 saturated heterocycles. The van der Waals surface area contributed by atoms with Gasteiger partial charge in [0.25, 0.3) is 0 Å². The Morgan fingerprint density at radius 2 is 1.78 bits per heavy atom. The molecule has 0 unspecified atom stereocenters. The van der Waals surface area contributed by atoms with Crippen molar-refractivity contribution in [3.05, 3.63) is 65.3 Å². The minimum absolute atomic E-state index is 1.16. The van der Waals surface area contributed by atoms with E-state index in [1.54, 1.807) is 0 Å². The molecule has 0 aliphatic heterocycles. The first-order valence-electron chi connectivity index (χ1n) is 6.91. The Morgan fingerprint density at radius 3 is 2.39 bits per heavy atom. The summed E-state index contributed by atoms with van der Waals surface area (Å²) >= 11 is 0. The highest BCUT2D eigenvalue weighted by atomic mass is 14.2. The molecule has 1 aromatic rings. The normalized spacial score (nSPS) is 15.2. The van der Waals surface area contributed by atoms with Gasteiger partial charge in [-0.3, -0.25) is 0 Å². The number of hydrogen-bond donors (Lipinski definition) is 0. The summed E-state index contributed by atoms with van der Waals surface area (Å²) in [4.78, 5) is 0. The predicted octanol–water partition coefficient (Wildman–Crippen LogP) is 5.78. The minimum Gasteiger partial charge on any atom is -0.0844 e. The van der Waals surface area contributed by atoms with E-state index in [1.165, 1.54) is 22.3 Å². The molecule has 0 spiro atoms. The van der Waals surface area contributed by atoms with Crippen LogP contribution in [0.1, 0.15) is 46.1 Å². The van der Waals surface area contributed by atoms with Crippen LogP contribution in [0, 0.1) is 0 Å². The summed E-state index contributed by atoms with van der Waals surface area (Å²) in [6.07, 6.45) is 9.07. The molecule has 0 heterocycles. The molecule has 1 aliphatic rings. The lowest BCUT2D eigenvalue weighted by molar-refractivity contribution is 0.972. The molecule has 0 nitrogen and oxygen atoms in total. The third kappa shape index (κ3) is 3.46. The van der Waals surface area contributed by atoms with E-state index in [9.17, 15) is 0 Å². The molecule has 96 valence electrons. The lowest BCUT2D eigenvalue weighted by atomic mass is 9.88. The Kier molecular flexibility index (Phi) is 6.21. The molecule has 18 heavy (non-hydrogen) atoms. The molecule has 0 aromatic heterocycles. The lowest BCUT2D eigenvalue weighted by Crippen LogP contribution is -1.96. The van der Waals surface area contributed by atoms with Gasteiger partial charge in [0.05, 0.1) is 0 Å². The van der Waals surface area contributed by atoms with Crippen molar-refractivity contribution in [2.75, 3.05) is 0 Å². The van der Waals surface area contributed by atoms with Gasteiger partial charge >= 0.3 is 0 Å². The SMILES string of the molecule is C/C=C(/C)C1=C(c2ccccc2)C=CCC1.CC. The lowest BCUT2D eigenvalue weighted by Gasteiger charge is -2.17.